The fourth-order valence-electron chi connectivity index (χ4n) is 6.59. The predicted octanol–water partition coefficient (Wildman–Crippen LogP) is 7.91. The van der Waals surface area contributed by atoms with Crippen molar-refractivity contribution in [1.29, 1.82) is 0 Å². The van der Waals surface area contributed by atoms with Crippen LogP contribution in [0, 0.1) is 6.92 Å². The summed E-state index contributed by atoms with van der Waals surface area (Å²) in [5.74, 6) is 1.65. The quantitative estimate of drug-likeness (QED) is 0.0610. The highest BCUT2D eigenvalue weighted by Gasteiger charge is 2.19. The van der Waals surface area contributed by atoms with Crippen LogP contribution in [0.25, 0.3) is 33.7 Å². The lowest BCUT2D eigenvalue weighted by molar-refractivity contribution is -0.141. The van der Waals surface area contributed by atoms with Crippen LogP contribution in [0.1, 0.15) is 27.8 Å². The number of aryl methyl sites for hydroxylation is 1. The number of hydrogen-bond acceptors (Lipinski definition) is 11. The van der Waals surface area contributed by atoms with E-state index in [1.807, 2.05) is 97.9 Å². The number of aliphatic hydroxyl groups is 2. The first kappa shape index (κ1) is 42.8. The molecule has 0 saturated heterocycles. The fraction of sp³-hybridized carbons (Fsp3) is 0.224. The van der Waals surface area contributed by atoms with Crippen molar-refractivity contribution in [2.75, 3.05) is 47.8 Å². The van der Waals surface area contributed by atoms with Gasteiger partial charge in [0.2, 0.25) is 0 Å². The number of hydrogen-bond donors (Lipinski definition) is 2. The Morgan fingerprint density at radius 2 is 0.983 bits per heavy atom. The van der Waals surface area contributed by atoms with Gasteiger partial charge in [0.1, 0.15) is 55.9 Å². The molecule has 2 N–H and O–H groups in total. The second-order valence-electron chi connectivity index (χ2n) is 13.9. The molecule has 0 saturated carbocycles. The number of carbonyl (C=O) groups is 2. The van der Waals surface area contributed by atoms with Gasteiger partial charge in [-0.3, -0.25) is 0 Å². The van der Waals surface area contributed by atoms with Crippen LogP contribution in [0.15, 0.2) is 121 Å². The molecule has 11 heteroatoms. The molecule has 0 aliphatic heterocycles. The monoisotopic (exact) mass is 812 g/mol. The van der Waals surface area contributed by atoms with E-state index in [9.17, 15) is 19.8 Å². The van der Waals surface area contributed by atoms with E-state index in [2.05, 4.69) is 0 Å². The Balaban J connectivity index is 1.12. The molecular formula is C49H48O11. The van der Waals surface area contributed by atoms with Gasteiger partial charge < -0.3 is 43.4 Å². The minimum Gasteiger partial charge on any atom is -0.496 e. The van der Waals surface area contributed by atoms with Crippen molar-refractivity contribution in [1.82, 2.24) is 0 Å². The first-order valence-electron chi connectivity index (χ1n) is 19.3. The summed E-state index contributed by atoms with van der Waals surface area (Å²) < 4.78 is 39.0. The van der Waals surface area contributed by atoms with Gasteiger partial charge in [0.15, 0.2) is 11.5 Å². The molecule has 6 aromatic rings. The van der Waals surface area contributed by atoms with Gasteiger partial charge in [0.05, 0.1) is 21.3 Å². The van der Waals surface area contributed by atoms with E-state index in [-0.39, 0.29) is 26.4 Å². The van der Waals surface area contributed by atoms with Gasteiger partial charge in [-0.15, -0.1) is 0 Å². The van der Waals surface area contributed by atoms with Crippen LogP contribution >= 0.6 is 0 Å². The van der Waals surface area contributed by atoms with Crippen LogP contribution in [0.4, 0.5) is 0 Å². The number of carbonyl (C=O) groups excluding carboxylic acids is 2. The van der Waals surface area contributed by atoms with Gasteiger partial charge in [-0.25, -0.2) is 9.59 Å². The number of fused-ring (bicyclic) bond motifs is 2. The van der Waals surface area contributed by atoms with Crippen molar-refractivity contribution in [2.24, 2.45) is 0 Å². The SMILES string of the molecule is COc1cc(/C=C/C(=O)OCC(O)COc2ccc3ccccc3c2Cc2c(OCC(O)COC(=O)/C=C/c3ccc(OC)c(OC)c3)ccc3ccccc23)ccc1C. The van der Waals surface area contributed by atoms with Crippen LogP contribution < -0.4 is 23.7 Å². The molecule has 6 rings (SSSR count). The zero-order valence-corrected chi connectivity index (χ0v) is 34.0. The Hall–Kier alpha value is -6.82. The lowest BCUT2D eigenvalue weighted by Crippen LogP contribution is -2.25. The van der Waals surface area contributed by atoms with Crippen LogP contribution in [-0.4, -0.2) is 82.1 Å². The Bertz CT molecular complexity index is 2490. The van der Waals surface area contributed by atoms with Crippen molar-refractivity contribution in [3.8, 4) is 28.7 Å². The van der Waals surface area contributed by atoms with Crippen LogP contribution in [0.5, 0.6) is 28.7 Å². The maximum Gasteiger partial charge on any atom is 0.330 e. The van der Waals surface area contributed by atoms with E-state index < -0.39 is 24.1 Å². The molecule has 0 bridgehead atoms. The summed E-state index contributed by atoms with van der Waals surface area (Å²) in [5.41, 5.74) is 4.16. The number of benzene rings is 6. The molecule has 60 heavy (non-hydrogen) atoms. The maximum absolute atomic E-state index is 12.5. The van der Waals surface area contributed by atoms with Crippen LogP contribution in [0.3, 0.4) is 0 Å². The average molecular weight is 813 g/mol. The molecule has 0 radical (unpaired) electrons. The van der Waals surface area contributed by atoms with E-state index in [4.69, 9.17) is 33.2 Å². The summed E-state index contributed by atoms with van der Waals surface area (Å²) in [4.78, 5) is 25.0. The average Bonchev–Trinajstić information content (AvgIpc) is 3.28. The second kappa shape index (κ2) is 20.7. The Morgan fingerprint density at radius 3 is 1.48 bits per heavy atom. The molecule has 310 valence electrons. The molecule has 11 nitrogen and oxygen atoms in total. The second-order valence-corrected chi connectivity index (χ2v) is 13.9. The molecule has 0 aliphatic rings. The van der Waals surface area contributed by atoms with Gasteiger partial charge in [-0.05, 0) is 87.6 Å². The van der Waals surface area contributed by atoms with E-state index in [0.29, 0.717) is 40.7 Å². The van der Waals surface area contributed by atoms with E-state index >= 15 is 0 Å². The summed E-state index contributed by atoms with van der Waals surface area (Å²) in [6.07, 6.45) is 3.94. The number of rotatable bonds is 19. The zero-order valence-electron chi connectivity index (χ0n) is 34.0. The maximum atomic E-state index is 12.5. The molecule has 0 amide bonds. The van der Waals surface area contributed by atoms with Gasteiger partial charge >= 0.3 is 11.9 Å². The highest BCUT2D eigenvalue weighted by molar-refractivity contribution is 5.92. The number of aliphatic hydroxyl groups excluding tert-OH is 2. The van der Waals surface area contributed by atoms with Crippen LogP contribution in [-0.2, 0) is 25.5 Å². The highest BCUT2D eigenvalue weighted by atomic mass is 16.6. The van der Waals surface area contributed by atoms with Crippen molar-refractivity contribution >= 4 is 45.6 Å². The minimum absolute atomic E-state index is 0.134. The summed E-state index contributed by atoms with van der Waals surface area (Å²) >= 11 is 0. The number of ether oxygens (including phenoxy) is 7. The Labute approximate surface area is 348 Å². The van der Waals surface area contributed by atoms with Gasteiger partial charge in [-0.1, -0.05) is 78.9 Å². The van der Waals surface area contributed by atoms with Crippen molar-refractivity contribution < 1.29 is 53.0 Å². The third-order valence-electron chi connectivity index (χ3n) is 9.71. The van der Waals surface area contributed by atoms with Crippen molar-refractivity contribution in [3.63, 3.8) is 0 Å². The molecular weight excluding hydrogens is 765 g/mol. The van der Waals surface area contributed by atoms with E-state index in [1.165, 1.54) is 19.3 Å². The Morgan fingerprint density at radius 1 is 0.533 bits per heavy atom. The van der Waals surface area contributed by atoms with Gasteiger partial charge in [0, 0.05) is 29.7 Å². The smallest absolute Gasteiger partial charge is 0.330 e. The van der Waals surface area contributed by atoms with Gasteiger partial charge in [0.25, 0.3) is 0 Å². The van der Waals surface area contributed by atoms with E-state index in [1.54, 1.807) is 44.6 Å². The largest absolute Gasteiger partial charge is 0.496 e. The van der Waals surface area contributed by atoms with Crippen molar-refractivity contribution in [2.45, 2.75) is 25.6 Å². The Kier molecular flexibility index (Phi) is 14.8. The van der Waals surface area contributed by atoms with Crippen molar-refractivity contribution in [3.05, 3.63) is 149 Å². The molecule has 0 aliphatic carbocycles. The van der Waals surface area contributed by atoms with Crippen LogP contribution in [0.2, 0.25) is 0 Å². The summed E-state index contributed by atoms with van der Waals surface area (Å²) in [6.45, 7) is 1.11. The molecule has 2 unspecified atom stereocenters. The standard InChI is InChI=1S/C49H48O11/c1-32-13-14-33(25-46(32)55-3)16-23-48(52)59-30-37(50)28-57-43-21-18-35-9-5-7-11-39(35)41(43)27-42-40-12-8-6-10-36(40)19-22-44(42)58-29-38(51)31-60-49(53)24-17-34-15-20-45(54-2)47(26-34)56-4/h5-26,37-38,50-51H,27-31H2,1-4H3/b23-16+,24-17+. The lowest BCUT2D eigenvalue weighted by atomic mass is 9.93. The molecule has 2 atom stereocenters. The topological polar surface area (TPSA) is 139 Å². The predicted molar refractivity (Wildman–Crippen MR) is 231 cm³/mol. The number of methoxy groups -OCH3 is 3. The molecule has 6 aromatic carbocycles. The zero-order chi connectivity index (χ0) is 42.4. The summed E-state index contributed by atoms with van der Waals surface area (Å²) in [5, 5.41) is 25.5. The molecule has 0 heterocycles. The number of esters is 2. The fourth-order valence-corrected chi connectivity index (χ4v) is 6.59. The van der Waals surface area contributed by atoms with E-state index in [0.717, 1.165) is 43.8 Å². The molecule has 0 aromatic heterocycles. The summed E-state index contributed by atoms with van der Waals surface area (Å²) in [6, 6.07) is 34.3. The first-order chi connectivity index (χ1) is 29.1. The molecule has 0 fully saturated rings. The normalized spacial score (nSPS) is 12.4. The lowest BCUT2D eigenvalue weighted by Gasteiger charge is -2.20. The molecule has 0 spiro atoms. The minimum atomic E-state index is -1.11. The third-order valence-corrected chi connectivity index (χ3v) is 9.71. The third kappa shape index (κ3) is 11.2. The van der Waals surface area contributed by atoms with Gasteiger partial charge in [-0.2, -0.15) is 0 Å². The first-order valence-corrected chi connectivity index (χ1v) is 19.3. The highest BCUT2D eigenvalue weighted by Crippen LogP contribution is 2.36. The summed E-state index contributed by atoms with van der Waals surface area (Å²) in [7, 11) is 4.66.